The van der Waals surface area contributed by atoms with Gasteiger partial charge in [0, 0.05) is 0 Å². The molecule has 1 saturated heterocycles. The predicted molar refractivity (Wildman–Crippen MR) is 60.4 cm³/mol. The molecule has 1 heterocycles. The van der Waals surface area contributed by atoms with Crippen LogP contribution in [-0.2, 0) is 4.79 Å². The molecule has 0 bridgehead atoms. The zero-order valence-corrected chi connectivity index (χ0v) is 9.64. The van der Waals surface area contributed by atoms with Crippen LogP contribution < -0.4 is 10.6 Å². The highest BCUT2D eigenvalue weighted by molar-refractivity contribution is 5.81. The van der Waals surface area contributed by atoms with Crippen molar-refractivity contribution in [3.8, 4) is 0 Å². The Morgan fingerprint density at radius 1 is 1.47 bits per heavy atom. The normalized spacial score (nSPS) is 35.0. The monoisotopic (exact) mass is 210 g/mol. The molecule has 0 aromatic rings. The van der Waals surface area contributed by atoms with E-state index in [9.17, 15) is 4.79 Å². The van der Waals surface area contributed by atoms with Gasteiger partial charge in [0.05, 0.1) is 12.2 Å². The molecule has 2 unspecified atom stereocenters. The molecule has 1 spiro atoms. The molecule has 2 rings (SSSR count). The maximum Gasteiger partial charge on any atom is 0.235 e. The number of nitrogens with one attached hydrogen (secondary N) is 2. The van der Waals surface area contributed by atoms with Gasteiger partial charge in [-0.2, -0.15) is 0 Å². The van der Waals surface area contributed by atoms with E-state index < -0.39 is 0 Å². The fraction of sp³-hybridized carbons (Fsp3) is 0.917. The van der Waals surface area contributed by atoms with Gasteiger partial charge in [-0.15, -0.1) is 0 Å². The van der Waals surface area contributed by atoms with Crippen molar-refractivity contribution in [1.29, 1.82) is 0 Å². The van der Waals surface area contributed by atoms with Crippen LogP contribution in [0.5, 0.6) is 0 Å². The van der Waals surface area contributed by atoms with Crippen LogP contribution in [0.3, 0.4) is 0 Å². The van der Waals surface area contributed by atoms with Crippen molar-refractivity contribution < 1.29 is 4.79 Å². The largest absolute Gasteiger partial charge is 0.337 e. The second kappa shape index (κ2) is 4.52. The Hall–Kier alpha value is -0.570. The summed E-state index contributed by atoms with van der Waals surface area (Å²) in [5, 5.41) is 6.55. The molecule has 3 nitrogen and oxygen atoms in total. The van der Waals surface area contributed by atoms with Crippen LogP contribution in [0.1, 0.15) is 51.9 Å². The Bertz CT molecular complexity index is 242. The first-order valence-corrected chi connectivity index (χ1v) is 6.33. The second-order valence-electron chi connectivity index (χ2n) is 4.96. The van der Waals surface area contributed by atoms with Gasteiger partial charge < -0.3 is 5.32 Å². The Kier molecular flexibility index (Phi) is 3.29. The quantitative estimate of drug-likeness (QED) is 0.694. The van der Waals surface area contributed by atoms with E-state index in [1.165, 1.54) is 38.5 Å². The van der Waals surface area contributed by atoms with E-state index in [4.69, 9.17) is 0 Å². The third kappa shape index (κ3) is 2.17. The third-order valence-corrected chi connectivity index (χ3v) is 3.90. The highest BCUT2D eigenvalue weighted by atomic mass is 16.2. The van der Waals surface area contributed by atoms with Gasteiger partial charge in [-0.1, -0.05) is 26.2 Å². The summed E-state index contributed by atoms with van der Waals surface area (Å²) in [5.41, 5.74) is -0.0230. The summed E-state index contributed by atoms with van der Waals surface area (Å²) in [6.45, 7) is 2.75. The fourth-order valence-electron chi connectivity index (χ4n) is 3.08. The number of hydrogen-bond donors (Lipinski definition) is 2. The van der Waals surface area contributed by atoms with E-state index in [2.05, 4.69) is 17.6 Å². The summed E-state index contributed by atoms with van der Waals surface area (Å²) in [4.78, 5) is 11.3. The van der Waals surface area contributed by atoms with Crippen LogP contribution in [0.4, 0.5) is 0 Å². The summed E-state index contributed by atoms with van der Waals surface area (Å²) in [6, 6.07) is 0. The minimum atomic E-state index is -0.0230. The van der Waals surface area contributed by atoms with E-state index in [1.807, 2.05) is 0 Å². The molecular formula is C12H22N2O. The topological polar surface area (TPSA) is 41.1 Å². The molecule has 1 amide bonds. The molecule has 2 atom stereocenters. The number of rotatable bonds is 4. The maximum absolute atomic E-state index is 11.3. The molecular weight excluding hydrogens is 188 g/mol. The standard InChI is InChI=1S/C12H22N2O/c1-2-3-4-6-10-7-5-8-12(10)13-9-11(15)14-12/h10,13H,2-9H2,1H3,(H,14,15). The fourth-order valence-corrected chi connectivity index (χ4v) is 3.08. The lowest BCUT2D eigenvalue weighted by Gasteiger charge is -2.31. The van der Waals surface area contributed by atoms with E-state index in [1.54, 1.807) is 0 Å². The number of hydrogen-bond acceptors (Lipinski definition) is 2. The lowest BCUT2D eigenvalue weighted by molar-refractivity contribution is -0.119. The van der Waals surface area contributed by atoms with Crippen LogP contribution in [-0.4, -0.2) is 18.1 Å². The lowest BCUT2D eigenvalue weighted by atomic mass is 9.91. The van der Waals surface area contributed by atoms with Gasteiger partial charge in [-0.3, -0.25) is 10.1 Å². The van der Waals surface area contributed by atoms with Crippen LogP contribution >= 0.6 is 0 Å². The summed E-state index contributed by atoms with van der Waals surface area (Å²) in [5.74, 6) is 0.841. The first kappa shape index (κ1) is 10.9. The zero-order valence-electron chi connectivity index (χ0n) is 9.64. The summed E-state index contributed by atoms with van der Waals surface area (Å²) in [6.07, 6.45) is 8.82. The Balaban J connectivity index is 1.90. The highest BCUT2D eigenvalue weighted by Gasteiger charge is 2.46. The molecule has 1 saturated carbocycles. The summed E-state index contributed by atoms with van der Waals surface area (Å²) < 4.78 is 0. The second-order valence-corrected chi connectivity index (χ2v) is 4.96. The van der Waals surface area contributed by atoms with Gasteiger partial charge in [0.1, 0.15) is 0 Å². The molecule has 1 aliphatic heterocycles. The molecule has 0 radical (unpaired) electrons. The van der Waals surface area contributed by atoms with E-state index in [0.29, 0.717) is 12.5 Å². The van der Waals surface area contributed by atoms with Gasteiger partial charge >= 0.3 is 0 Å². The molecule has 0 aromatic heterocycles. The molecule has 1 aliphatic carbocycles. The smallest absolute Gasteiger partial charge is 0.235 e. The molecule has 3 heteroatoms. The number of amides is 1. The van der Waals surface area contributed by atoms with Gasteiger partial charge in [-0.05, 0) is 31.6 Å². The highest BCUT2D eigenvalue weighted by Crippen LogP contribution is 2.38. The number of carbonyl (C=O) groups is 1. The van der Waals surface area contributed by atoms with Gasteiger partial charge in [-0.25, -0.2) is 0 Å². The molecule has 0 aromatic carbocycles. The predicted octanol–water partition coefficient (Wildman–Crippen LogP) is 1.78. The maximum atomic E-state index is 11.3. The Morgan fingerprint density at radius 3 is 3.00 bits per heavy atom. The molecule has 2 N–H and O–H groups in total. The SMILES string of the molecule is CCCCCC1CCCC12NCC(=O)N2. The molecule has 15 heavy (non-hydrogen) atoms. The minimum Gasteiger partial charge on any atom is -0.337 e. The average molecular weight is 210 g/mol. The van der Waals surface area contributed by atoms with Crippen molar-refractivity contribution in [3.63, 3.8) is 0 Å². The van der Waals surface area contributed by atoms with Gasteiger partial charge in [0.2, 0.25) is 5.91 Å². The zero-order chi connectivity index (χ0) is 10.7. The lowest BCUT2D eigenvalue weighted by Crippen LogP contribution is -2.52. The van der Waals surface area contributed by atoms with Crippen molar-refractivity contribution in [2.45, 2.75) is 57.5 Å². The van der Waals surface area contributed by atoms with Crippen LogP contribution in [0.15, 0.2) is 0 Å². The summed E-state index contributed by atoms with van der Waals surface area (Å²) >= 11 is 0. The Morgan fingerprint density at radius 2 is 2.33 bits per heavy atom. The van der Waals surface area contributed by atoms with E-state index >= 15 is 0 Å². The van der Waals surface area contributed by atoms with Crippen LogP contribution in [0.2, 0.25) is 0 Å². The number of unbranched alkanes of at least 4 members (excludes halogenated alkanes) is 2. The van der Waals surface area contributed by atoms with Crippen LogP contribution in [0, 0.1) is 5.92 Å². The average Bonchev–Trinajstić information content (AvgIpc) is 2.77. The van der Waals surface area contributed by atoms with E-state index in [0.717, 1.165) is 6.42 Å². The Labute approximate surface area is 92.0 Å². The first-order valence-electron chi connectivity index (χ1n) is 6.33. The first-order chi connectivity index (χ1) is 7.27. The van der Waals surface area contributed by atoms with Crippen molar-refractivity contribution in [3.05, 3.63) is 0 Å². The minimum absolute atomic E-state index is 0.0230. The summed E-state index contributed by atoms with van der Waals surface area (Å²) in [7, 11) is 0. The van der Waals surface area contributed by atoms with Crippen molar-refractivity contribution in [2.75, 3.05) is 6.54 Å². The molecule has 2 fully saturated rings. The van der Waals surface area contributed by atoms with Crippen molar-refractivity contribution >= 4 is 5.91 Å². The molecule has 86 valence electrons. The number of carbonyl (C=O) groups excluding carboxylic acids is 1. The third-order valence-electron chi connectivity index (χ3n) is 3.90. The van der Waals surface area contributed by atoms with Gasteiger partial charge in [0.15, 0.2) is 0 Å². The van der Waals surface area contributed by atoms with Gasteiger partial charge in [0.25, 0.3) is 0 Å². The molecule has 2 aliphatic rings. The van der Waals surface area contributed by atoms with Crippen molar-refractivity contribution in [2.24, 2.45) is 5.92 Å². The van der Waals surface area contributed by atoms with E-state index in [-0.39, 0.29) is 11.6 Å². The van der Waals surface area contributed by atoms with Crippen molar-refractivity contribution in [1.82, 2.24) is 10.6 Å². The van der Waals surface area contributed by atoms with Crippen LogP contribution in [0.25, 0.3) is 0 Å².